The predicted octanol–water partition coefficient (Wildman–Crippen LogP) is 3.95. The van der Waals surface area contributed by atoms with Crippen LogP contribution in [0.2, 0.25) is 0 Å². The van der Waals surface area contributed by atoms with Crippen molar-refractivity contribution in [1.82, 2.24) is 4.90 Å². The van der Waals surface area contributed by atoms with E-state index in [1.165, 1.54) is 45.3 Å². The summed E-state index contributed by atoms with van der Waals surface area (Å²) in [5.74, 6) is 0.688. The van der Waals surface area contributed by atoms with Crippen LogP contribution in [-0.4, -0.2) is 37.2 Å². The number of hydrogen-bond acceptors (Lipinski definition) is 2. The average Bonchev–Trinajstić information content (AvgIpc) is 2.42. The number of rotatable bonds is 2. The molecule has 1 unspecified atom stereocenters. The van der Waals surface area contributed by atoms with Crippen LogP contribution in [0, 0.1) is 11.3 Å². The Kier molecular flexibility index (Phi) is 6.65. The first-order valence-corrected chi connectivity index (χ1v) is 7.99. The van der Waals surface area contributed by atoms with E-state index in [4.69, 9.17) is 4.74 Å². The second-order valence-electron chi connectivity index (χ2n) is 6.07. The van der Waals surface area contributed by atoms with E-state index < -0.39 is 0 Å². The number of likely N-dealkylation sites (tertiary alicyclic amines) is 1. The summed E-state index contributed by atoms with van der Waals surface area (Å²) in [4.78, 5) is 2.57. The van der Waals surface area contributed by atoms with E-state index in [9.17, 15) is 0 Å². The molecule has 0 N–H and O–H groups in total. The minimum atomic E-state index is 0.523. The Balaban J connectivity index is 0.000000771. The zero-order valence-corrected chi connectivity index (χ0v) is 13.2. The molecule has 0 saturated carbocycles. The lowest BCUT2D eigenvalue weighted by molar-refractivity contribution is -0.100. The van der Waals surface area contributed by atoms with Crippen LogP contribution >= 0.6 is 0 Å². The van der Waals surface area contributed by atoms with E-state index in [1.54, 1.807) is 0 Å². The maximum atomic E-state index is 6.08. The first-order valence-electron chi connectivity index (χ1n) is 7.99. The normalized spacial score (nSPS) is 28.0. The molecule has 0 bridgehead atoms. The van der Waals surface area contributed by atoms with Crippen molar-refractivity contribution >= 4 is 0 Å². The van der Waals surface area contributed by atoms with Gasteiger partial charge in [0.1, 0.15) is 0 Å². The molecule has 0 aromatic carbocycles. The van der Waals surface area contributed by atoms with Gasteiger partial charge in [0, 0.05) is 0 Å². The van der Waals surface area contributed by atoms with Crippen LogP contribution in [0.3, 0.4) is 0 Å². The van der Waals surface area contributed by atoms with Crippen molar-refractivity contribution in [1.29, 1.82) is 0 Å². The summed E-state index contributed by atoms with van der Waals surface area (Å²) in [6.07, 6.45) is 5.91. The van der Waals surface area contributed by atoms with Crippen LogP contribution in [0.1, 0.15) is 60.3 Å². The SMILES string of the molecule is CC.CCN1CCC2(CCC(C(C)C)OC2)CC1. The maximum absolute atomic E-state index is 6.08. The Morgan fingerprint density at radius 2 is 1.78 bits per heavy atom. The lowest BCUT2D eigenvalue weighted by Crippen LogP contribution is -2.46. The van der Waals surface area contributed by atoms with Gasteiger partial charge in [-0.15, -0.1) is 0 Å². The zero-order chi connectivity index (χ0) is 13.6. The van der Waals surface area contributed by atoms with Crippen molar-refractivity contribution in [2.24, 2.45) is 11.3 Å². The molecule has 1 atom stereocenters. The highest BCUT2D eigenvalue weighted by atomic mass is 16.5. The summed E-state index contributed by atoms with van der Waals surface area (Å²) in [7, 11) is 0. The summed E-state index contributed by atoms with van der Waals surface area (Å²) < 4.78 is 6.08. The van der Waals surface area contributed by atoms with Gasteiger partial charge < -0.3 is 9.64 Å². The Bertz CT molecular complexity index is 209. The molecule has 2 heteroatoms. The first-order chi connectivity index (χ1) is 8.65. The number of piperidine rings is 1. The fourth-order valence-corrected chi connectivity index (χ4v) is 3.15. The summed E-state index contributed by atoms with van der Waals surface area (Å²) in [6, 6.07) is 0. The summed E-state index contributed by atoms with van der Waals surface area (Å²) in [5, 5.41) is 0. The summed E-state index contributed by atoms with van der Waals surface area (Å²) in [6.45, 7) is 15.6. The van der Waals surface area contributed by atoms with Crippen LogP contribution in [0.15, 0.2) is 0 Å². The monoisotopic (exact) mass is 255 g/mol. The van der Waals surface area contributed by atoms with Gasteiger partial charge in [0.05, 0.1) is 12.7 Å². The highest BCUT2D eigenvalue weighted by Crippen LogP contribution is 2.41. The van der Waals surface area contributed by atoms with Crippen molar-refractivity contribution < 1.29 is 4.74 Å². The lowest BCUT2D eigenvalue weighted by atomic mass is 9.73. The highest BCUT2D eigenvalue weighted by Gasteiger charge is 2.38. The average molecular weight is 255 g/mol. The molecule has 1 spiro atoms. The second kappa shape index (κ2) is 7.49. The Labute approximate surface area is 114 Å². The largest absolute Gasteiger partial charge is 0.377 e. The van der Waals surface area contributed by atoms with Gasteiger partial charge in [-0.1, -0.05) is 34.6 Å². The van der Waals surface area contributed by atoms with Crippen LogP contribution in [-0.2, 0) is 4.74 Å². The van der Waals surface area contributed by atoms with Gasteiger partial charge in [0.25, 0.3) is 0 Å². The molecule has 2 aliphatic heterocycles. The number of ether oxygens (including phenoxy) is 1. The van der Waals surface area contributed by atoms with Gasteiger partial charge in [-0.05, 0) is 56.7 Å². The minimum Gasteiger partial charge on any atom is -0.377 e. The summed E-state index contributed by atoms with van der Waals surface area (Å²) >= 11 is 0. The molecule has 2 heterocycles. The molecule has 0 amide bonds. The van der Waals surface area contributed by atoms with Crippen LogP contribution < -0.4 is 0 Å². The van der Waals surface area contributed by atoms with Crippen LogP contribution in [0.25, 0.3) is 0 Å². The summed E-state index contributed by atoms with van der Waals surface area (Å²) in [5.41, 5.74) is 0.539. The molecule has 2 saturated heterocycles. The van der Waals surface area contributed by atoms with Gasteiger partial charge in [0.2, 0.25) is 0 Å². The van der Waals surface area contributed by atoms with Crippen molar-refractivity contribution in [3.05, 3.63) is 0 Å². The third kappa shape index (κ3) is 3.96. The van der Waals surface area contributed by atoms with Crippen LogP contribution in [0.5, 0.6) is 0 Å². The highest BCUT2D eigenvalue weighted by molar-refractivity contribution is 4.89. The van der Waals surface area contributed by atoms with E-state index in [0.29, 0.717) is 17.4 Å². The molecule has 2 rings (SSSR count). The topological polar surface area (TPSA) is 12.5 Å². The molecule has 2 nitrogen and oxygen atoms in total. The van der Waals surface area contributed by atoms with E-state index in [-0.39, 0.29) is 0 Å². The van der Waals surface area contributed by atoms with Gasteiger partial charge in [0.15, 0.2) is 0 Å². The molecule has 2 fully saturated rings. The second-order valence-corrected chi connectivity index (χ2v) is 6.07. The van der Waals surface area contributed by atoms with E-state index in [2.05, 4.69) is 25.7 Å². The molecule has 0 aromatic heterocycles. The third-order valence-corrected chi connectivity index (χ3v) is 4.67. The fourth-order valence-electron chi connectivity index (χ4n) is 3.15. The molecule has 0 aliphatic carbocycles. The van der Waals surface area contributed by atoms with E-state index >= 15 is 0 Å². The van der Waals surface area contributed by atoms with Gasteiger partial charge >= 0.3 is 0 Å². The predicted molar refractivity (Wildman–Crippen MR) is 78.9 cm³/mol. The molecular formula is C16H33NO. The van der Waals surface area contributed by atoms with E-state index in [1.807, 2.05) is 13.8 Å². The van der Waals surface area contributed by atoms with Crippen molar-refractivity contribution in [3.8, 4) is 0 Å². The van der Waals surface area contributed by atoms with Gasteiger partial charge in [-0.2, -0.15) is 0 Å². The molecule has 0 radical (unpaired) electrons. The van der Waals surface area contributed by atoms with Gasteiger partial charge in [-0.25, -0.2) is 0 Å². The molecule has 18 heavy (non-hydrogen) atoms. The third-order valence-electron chi connectivity index (χ3n) is 4.67. The maximum Gasteiger partial charge on any atom is 0.0598 e. The standard InChI is InChI=1S/C14H27NO.C2H6/c1-4-15-9-7-14(8-10-15)6-5-13(12(2)3)16-11-14;1-2/h12-13H,4-11H2,1-3H3;1-2H3. The molecule has 2 aliphatic rings. The smallest absolute Gasteiger partial charge is 0.0598 e. The Morgan fingerprint density at radius 1 is 1.17 bits per heavy atom. The fraction of sp³-hybridized carbons (Fsp3) is 1.00. The lowest BCUT2D eigenvalue weighted by Gasteiger charge is -2.46. The minimum absolute atomic E-state index is 0.523. The van der Waals surface area contributed by atoms with Crippen LogP contribution in [0.4, 0.5) is 0 Å². The molecular weight excluding hydrogens is 222 g/mol. The number of hydrogen-bond donors (Lipinski definition) is 0. The quantitative estimate of drug-likeness (QED) is 0.741. The Morgan fingerprint density at radius 3 is 2.17 bits per heavy atom. The molecule has 108 valence electrons. The van der Waals surface area contributed by atoms with Gasteiger partial charge in [-0.3, -0.25) is 0 Å². The first kappa shape index (κ1) is 16.0. The Hall–Kier alpha value is -0.0800. The van der Waals surface area contributed by atoms with Crippen molar-refractivity contribution in [2.45, 2.75) is 66.4 Å². The van der Waals surface area contributed by atoms with Crippen molar-refractivity contribution in [3.63, 3.8) is 0 Å². The van der Waals surface area contributed by atoms with Crippen molar-refractivity contribution in [2.75, 3.05) is 26.2 Å². The number of nitrogens with zero attached hydrogens (tertiary/aromatic N) is 1. The zero-order valence-electron chi connectivity index (χ0n) is 13.2. The van der Waals surface area contributed by atoms with E-state index in [0.717, 1.165) is 6.61 Å². The molecule has 0 aromatic rings.